The van der Waals surface area contributed by atoms with Crippen molar-refractivity contribution < 1.29 is 13.5 Å². The average molecular weight is 251 g/mol. The highest BCUT2D eigenvalue weighted by Crippen LogP contribution is 2.21. The number of hydrazine groups is 1. The summed E-state index contributed by atoms with van der Waals surface area (Å²) in [5, 5.41) is 0. The fourth-order valence-electron chi connectivity index (χ4n) is 1.44. The molecule has 0 saturated carbocycles. The first-order chi connectivity index (χ1) is 8.72. The van der Waals surface area contributed by atoms with Gasteiger partial charge in [0.05, 0.1) is 0 Å². The summed E-state index contributed by atoms with van der Waals surface area (Å²) in [6, 6.07) is 7.17. The predicted molar refractivity (Wildman–Crippen MR) is 62.7 cm³/mol. The third-order valence-electron chi connectivity index (χ3n) is 2.33. The van der Waals surface area contributed by atoms with Gasteiger partial charge in [0.2, 0.25) is 5.82 Å². The van der Waals surface area contributed by atoms with E-state index < -0.39 is 11.6 Å². The van der Waals surface area contributed by atoms with Crippen LogP contribution in [0.3, 0.4) is 0 Å². The summed E-state index contributed by atoms with van der Waals surface area (Å²) in [5.74, 6) is 3.59. The number of halogens is 2. The number of nitrogen functional groups attached to an aromatic ring is 1. The van der Waals surface area contributed by atoms with E-state index in [4.69, 9.17) is 10.6 Å². The number of pyridine rings is 1. The first-order valence-corrected chi connectivity index (χ1v) is 5.19. The molecule has 0 radical (unpaired) electrons. The molecular weight excluding hydrogens is 240 g/mol. The molecule has 0 unspecified atom stereocenters. The molecule has 1 heterocycles. The van der Waals surface area contributed by atoms with Gasteiger partial charge in [-0.15, -0.1) is 0 Å². The zero-order valence-electron chi connectivity index (χ0n) is 9.36. The Kier molecular flexibility index (Phi) is 3.69. The first-order valence-electron chi connectivity index (χ1n) is 5.19. The van der Waals surface area contributed by atoms with E-state index in [1.54, 1.807) is 18.3 Å². The number of hydrogen-bond acceptors (Lipinski definition) is 4. The molecule has 6 heteroatoms. The zero-order chi connectivity index (χ0) is 13.0. The largest absolute Gasteiger partial charge is 0.486 e. The second-order valence-corrected chi connectivity index (χ2v) is 3.50. The maximum absolute atomic E-state index is 13.3. The van der Waals surface area contributed by atoms with Crippen LogP contribution in [0.4, 0.5) is 14.6 Å². The lowest BCUT2D eigenvalue weighted by atomic mass is 10.2. The number of nitrogens with one attached hydrogen (secondary N) is 1. The van der Waals surface area contributed by atoms with Crippen LogP contribution in [0, 0.1) is 11.6 Å². The molecule has 0 aliphatic carbocycles. The Morgan fingerprint density at radius 1 is 1.22 bits per heavy atom. The lowest BCUT2D eigenvalue weighted by Crippen LogP contribution is -2.12. The number of aromatic nitrogens is 1. The molecule has 0 bridgehead atoms. The number of benzene rings is 1. The summed E-state index contributed by atoms with van der Waals surface area (Å²) in [5.41, 5.74) is 3.04. The molecule has 0 spiro atoms. The van der Waals surface area contributed by atoms with E-state index in [-0.39, 0.29) is 12.4 Å². The fraction of sp³-hybridized carbons (Fsp3) is 0.0833. The first kappa shape index (κ1) is 12.3. The van der Waals surface area contributed by atoms with Gasteiger partial charge in [0.1, 0.15) is 12.4 Å². The quantitative estimate of drug-likeness (QED) is 0.646. The van der Waals surface area contributed by atoms with Crippen molar-refractivity contribution in [3.63, 3.8) is 0 Å². The van der Waals surface area contributed by atoms with Gasteiger partial charge < -0.3 is 10.2 Å². The highest BCUT2D eigenvalue weighted by Gasteiger charge is 2.09. The van der Waals surface area contributed by atoms with Crippen LogP contribution >= 0.6 is 0 Å². The summed E-state index contributed by atoms with van der Waals surface area (Å²) in [6.45, 7) is 0.0355. The monoisotopic (exact) mass is 251 g/mol. The van der Waals surface area contributed by atoms with Crippen molar-refractivity contribution >= 4 is 5.82 Å². The molecular formula is C12H11F2N3O. The third-order valence-corrected chi connectivity index (χ3v) is 2.33. The Morgan fingerprint density at radius 3 is 2.83 bits per heavy atom. The molecule has 0 aliphatic heterocycles. The molecule has 0 aliphatic rings. The van der Waals surface area contributed by atoms with E-state index in [9.17, 15) is 8.78 Å². The minimum atomic E-state index is -1.01. The van der Waals surface area contributed by atoms with Crippen LogP contribution in [0.5, 0.6) is 5.75 Å². The minimum absolute atomic E-state index is 0.0355. The van der Waals surface area contributed by atoms with Crippen LogP contribution in [-0.4, -0.2) is 4.98 Å². The maximum atomic E-state index is 13.3. The van der Waals surface area contributed by atoms with Crippen LogP contribution in [0.1, 0.15) is 5.56 Å². The van der Waals surface area contributed by atoms with E-state index >= 15 is 0 Å². The van der Waals surface area contributed by atoms with Crippen LogP contribution < -0.4 is 16.0 Å². The number of ether oxygens (including phenoxy) is 1. The molecule has 0 fully saturated rings. The number of nitrogens with zero attached hydrogens (tertiary/aromatic N) is 1. The number of anilines is 1. The summed E-state index contributed by atoms with van der Waals surface area (Å²) < 4.78 is 31.5. The van der Waals surface area contributed by atoms with Gasteiger partial charge in [0.25, 0.3) is 0 Å². The van der Waals surface area contributed by atoms with Crippen molar-refractivity contribution in [2.24, 2.45) is 5.84 Å². The second-order valence-electron chi connectivity index (χ2n) is 3.50. The van der Waals surface area contributed by atoms with Crippen molar-refractivity contribution in [3.05, 3.63) is 53.7 Å². The Bertz CT molecular complexity index is 549. The van der Waals surface area contributed by atoms with Gasteiger partial charge in [-0.25, -0.2) is 15.2 Å². The van der Waals surface area contributed by atoms with E-state index in [1.165, 1.54) is 12.1 Å². The third kappa shape index (κ3) is 2.54. The SMILES string of the molecule is NNc1ncccc1COc1cccc(F)c1F. The summed E-state index contributed by atoms with van der Waals surface area (Å²) >= 11 is 0. The lowest BCUT2D eigenvalue weighted by molar-refractivity contribution is 0.285. The fourth-order valence-corrected chi connectivity index (χ4v) is 1.44. The van der Waals surface area contributed by atoms with Crippen molar-refractivity contribution in [2.45, 2.75) is 6.61 Å². The topological polar surface area (TPSA) is 60.2 Å². The molecule has 2 rings (SSSR count). The van der Waals surface area contributed by atoms with Crippen LogP contribution in [0.2, 0.25) is 0 Å². The van der Waals surface area contributed by atoms with Gasteiger partial charge in [-0.3, -0.25) is 0 Å². The molecule has 1 aromatic carbocycles. The Labute approximate surface area is 102 Å². The van der Waals surface area contributed by atoms with E-state index in [2.05, 4.69) is 10.4 Å². The molecule has 0 saturated heterocycles. The molecule has 0 amide bonds. The minimum Gasteiger partial charge on any atom is -0.486 e. The van der Waals surface area contributed by atoms with Gasteiger partial charge in [-0.05, 0) is 18.2 Å². The summed E-state index contributed by atoms with van der Waals surface area (Å²) in [7, 11) is 0. The normalized spacial score (nSPS) is 10.2. The van der Waals surface area contributed by atoms with Gasteiger partial charge >= 0.3 is 0 Å². The number of rotatable bonds is 4. The van der Waals surface area contributed by atoms with Gasteiger partial charge in [-0.1, -0.05) is 12.1 Å². The van der Waals surface area contributed by atoms with Gasteiger partial charge in [0, 0.05) is 11.8 Å². The smallest absolute Gasteiger partial charge is 0.200 e. The highest BCUT2D eigenvalue weighted by molar-refractivity contribution is 5.42. The molecule has 3 N–H and O–H groups in total. The van der Waals surface area contributed by atoms with E-state index in [1.807, 2.05) is 0 Å². The zero-order valence-corrected chi connectivity index (χ0v) is 9.36. The van der Waals surface area contributed by atoms with E-state index in [0.717, 1.165) is 6.07 Å². The molecule has 2 aromatic rings. The van der Waals surface area contributed by atoms with Crippen LogP contribution in [0.15, 0.2) is 36.5 Å². The Hall–Kier alpha value is -2.21. The number of hydrogen-bond donors (Lipinski definition) is 2. The molecule has 94 valence electrons. The van der Waals surface area contributed by atoms with Gasteiger partial charge in [-0.2, -0.15) is 4.39 Å². The standard InChI is InChI=1S/C12H11F2N3O/c13-9-4-1-5-10(11(9)14)18-7-8-3-2-6-16-12(8)17-15/h1-6H,7,15H2,(H,16,17). The van der Waals surface area contributed by atoms with Crippen molar-refractivity contribution in [1.29, 1.82) is 0 Å². The lowest BCUT2D eigenvalue weighted by Gasteiger charge is -2.10. The average Bonchev–Trinajstić information content (AvgIpc) is 2.41. The molecule has 1 aromatic heterocycles. The summed E-state index contributed by atoms with van der Waals surface area (Å²) in [6.07, 6.45) is 1.56. The Balaban J connectivity index is 2.14. The van der Waals surface area contributed by atoms with Crippen LogP contribution in [-0.2, 0) is 6.61 Å². The predicted octanol–water partition coefficient (Wildman–Crippen LogP) is 2.22. The second kappa shape index (κ2) is 5.42. The van der Waals surface area contributed by atoms with Gasteiger partial charge in [0.15, 0.2) is 11.6 Å². The van der Waals surface area contributed by atoms with Crippen molar-refractivity contribution in [3.8, 4) is 5.75 Å². The van der Waals surface area contributed by atoms with Crippen LogP contribution in [0.25, 0.3) is 0 Å². The molecule has 0 atom stereocenters. The maximum Gasteiger partial charge on any atom is 0.200 e. The van der Waals surface area contributed by atoms with E-state index in [0.29, 0.717) is 11.4 Å². The molecule has 18 heavy (non-hydrogen) atoms. The molecule has 4 nitrogen and oxygen atoms in total. The van der Waals surface area contributed by atoms with Crippen molar-refractivity contribution in [1.82, 2.24) is 4.98 Å². The number of nitrogens with two attached hydrogens (primary N) is 1. The highest BCUT2D eigenvalue weighted by atomic mass is 19.2. The summed E-state index contributed by atoms with van der Waals surface area (Å²) in [4.78, 5) is 3.97. The Morgan fingerprint density at radius 2 is 2.06 bits per heavy atom. The van der Waals surface area contributed by atoms with Crippen molar-refractivity contribution in [2.75, 3.05) is 5.43 Å².